The van der Waals surface area contributed by atoms with Gasteiger partial charge in [0.25, 0.3) is 0 Å². The second-order valence-electron chi connectivity index (χ2n) is 6.14. The maximum Gasteiger partial charge on any atom is 0.163 e. The Kier molecular flexibility index (Phi) is 6.12. The molecule has 0 aromatic heterocycles. The van der Waals surface area contributed by atoms with Crippen LogP contribution in [0.1, 0.15) is 44.2 Å². The van der Waals surface area contributed by atoms with Crippen LogP contribution in [-0.2, 0) is 0 Å². The SMILES string of the molecule is CCCNC(CCN(C)CC1CC1)c1cccc(F)c1F. The van der Waals surface area contributed by atoms with Crippen molar-refractivity contribution in [3.63, 3.8) is 0 Å². The zero-order valence-corrected chi connectivity index (χ0v) is 13.0. The Hall–Kier alpha value is -1.00. The van der Waals surface area contributed by atoms with Crippen LogP contribution in [0.3, 0.4) is 0 Å². The molecule has 1 aliphatic carbocycles. The van der Waals surface area contributed by atoms with Gasteiger partial charge in [-0.3, -0.25) is 0 Å². The summed E-state index contributed by atoms with van der Waals surface area (Å²) in [6.45, 7) is 4.90. The monoisotopic (exact) mass is 296 g/mol. The molecule has 1 aliphatic rings. The molecule has 1 unspecified atom stereocenters. The van der Waals surface area contributed by atoms with Crippen LogP contribution in [0.25, 0.3) is 0 Å². The molecule has 0 amide bonds. The van der Waals surface area contributed by atoms with Crippen LogP contribution in [0.4, 0.5) is 8.78 Å². The number of benzene rings is 1. The second-order valence-corrected chi connectivity index (χ2v) is 6.14. The van der Waals surface area contributed by atoms with Gasteiger partial charge in [-0.15, -0.1) is 0 Å². The summed E-state index contributed by atoms with van der Waals surface area (Å²) in [5, 5.41) is 3.34. The van der Waals surface area contributed by atoms with Gasteiger partial charge >= 0.3 is 0 Å². The molecule has 0 saturated heterocycles. The quantitative estimate of drug-likeness (QED) is 0.747. The van der Waals surface area contributed by atoms with E-state index in [2.05, 4.69) is 24.2 Å². The molecule has 1 atom stereocenters. The van der Waals surface area contributed by atoms with Gasteiger partial charge in [-0.25, -0.2) is 8.78 Å². The summed E-state index contributed by atoms with van der Waals surface area (Å²) in [6.07, 6.45) is 4.44. The van der Waals surface area contributed by atoms with Gasteiger partial charge in [-0.05, 0) is 57.8 Å². The van der Waals surface area contributed by atoms with Crippen LogP contribution >= 0.6 is 0 Å². The number of hydrogen-bond donors (Lipinski definition) is 1. The zero-order chi connectivity index (χ0) is 15.2. The second kappa shape index (κ2) is 7.85. The molecule has 1 aromatic carbocycles. The average Bonchev–Trinajstić information content (AvgIpc) is 3.26. The Bertz CT molecular complexity index is 446. The molecule has 1 aromatic rings. The van der Waals surface area contributed by atoms with Crippen molar-refractivity contribution in [3.8, 4) is 0 Å². The maximum atomic E-state index is 14.0. The summed E-state index contributed by atoms with van der Waals surface area (Å²) in [4.78, 5) is 2.30. The molecule has 0 heterocycles. The molecule has 4 heteroatoms. The smallest absolute Gasteiger partial charge is 0.163 e. The molecule has 0 spiro atoms. The fourth-order valence-electron chi connectivity index (χ4n) is 2.66. The topological polar surface area (TPSA) is 15.3 Å². The highest BCUT2D eigenvalue weighted by molar-refractivity contribution is 5.22. The third-order valence-electron chi connectivity index (χ3n) is 4.06. The predicted molar refractivity (Wildman–Crippen MR) is 82.2 cm³/mol. The number of halogens is 2. The summed E-state index contributed by atoms with van der Waals surface area (Å²) >= 11 is 0. The summed E-state index contributed by atoms with van der Waals surface area (Å²) in [5.41, 5.74) is 0.447. The Morgan fingerprint density at radius 1 is 1.33 bits per heavy atom. The fraction of sp³-hybridized carbons (Fsp3) is 0.647. The van der Waals surface area contributed by atoms with E-state index in [1.54, 1.807) is 12.1 Å². The van der Waals surface area contributed by atoms with Gasteiger partial charge in [0, 0.05) is 18.2 Å². The van der Waals surface area contributed by atoms with Gasteiger partial charge in [-0.2, -0.15) is 0 Å². The molecule has 118 valence electrons. The third kappa shape index (κ3) is 5.04. The van der Waals surface area contributed by atoms with Crippen LogP contribution in [0.15, 0.2) is 18.2 Å². The van der Waals surface area contributed by atoms with Crippen LogP contribution in [0, 0.1) is 17.6 Å². The maximum absolute atomic E-state index is 14.0. The van der Waals surface area contributed by atoms with Crippen LogP contribution < -0.4 is 5.32 Å². The minimum Gasteiger partial charge on any atom is -0.310 e. The predicted octanol–water partition coefficient (Wildman–Crippen LogP) is 3.74. The Balaban J connectivity index is 1.97. The molecular formula is C17H26F2N2. The summed E-state index contributed by atoms with van der Waals surface area (Å²) < 4.78 is 27.4. The number of rotatable bonds is 9. The molecular weight excluding hydrogens is 270 g/mol. The van der Waals surface area contributed by atoms with Gasteiger partial charge < -0.3 is 10.2 Å². The number of nitrogens with zero attached hydrogens (tertiary/aromatic N) is 1. The molecule has 0 bridgehead atoms. The minimum atomic E-state index is -0.762. The van der Waals surface area contributed by atoms with Crippen molar-refractivity contribution in [2.24, 2.45) is 5.92 Å². The molecule has 1 fully saturated rings. The third-order valence-corrected chi connectivity index (χ3v) is 4.06. The first-order valence-electron chi connectivity index (χ1n) is 7.97. The van der Waals surface area contributed by atoms with E-state index < -0.39 is 11.6 Å². The lowest BCUT2D eigenvalue weighted by molar-refractivity contribution is 0.294. The van der Waals surface area contributed by atoms with Crippen molar-refractivity contribution in [2.45, 2.75) is 38.6 Å². The van der Waals surface area contributed by atoms with Gasteiger partial charge in [-0.1, -0.05) is 19.1 Å². The van der Waals surface area contributed by atoms with Gasteiger partial charge in [0.2, 0.25) is 0 Å². The summed E-state index contributed by atoms with van der Waals surface area (Å²) in [6, 6.07) is 4.33. The first-order valence-corrected chi connectivity index (χ1v) is 7.97. The highest BCUT2D eigenvalue weighted by atomic mass is 19.2. The zero-order valence-electron chi connectivity index (χ0n) is 13.0. The van der Waals surface area contributed by atoms with E-state index >= 15 is 0 Å². The van der Waals surface area contributed by atoms with E-state index in [-0.39, 0.29) is 6.04 Å². The Morgan fingerprint density at radius 3 is 2.76 bits per heavy atom. The van der Waals surface area contributed by atoms with Gasteiger partial charge in [0.15, 0.2) is 11.6 Å². The lowest BCUT2D eigenvalue weighted by Crippen LogP contribution is -2.29. The number of nitrogens with one attached hydrogen (secondary N) is 1. The van der Waals surface area contributed by atoms with Gasteiger partial charge in [0.05, 0.1) is 0 Å². The lowest BCUT2D eigenvalue weighted by Gasteiger charge is -2.23. The first-order chi connectivity index (χ1) is 10.1. The standard InChI is InChI=1S/C17H26F2N2/c1-3-10-20-16(9-11-21(2)12-13-7-8-13)14-5-4-6-15(18)17(14)19/h4-6,13,16,20H,3,7-12H2,1-2H3. The minimum absolute atomic E-state index is 0.123. The highest BCUT2D eigenvalue weighted by Crippen LogP contribution is 2.29. The largest absolute Gasteiger partial charge is 0.310 e. The van der Waals surface area contributed by atoms with E-state index in [9.17, 15) is 8.78 Å². The Labute approximate surface area is 126 Å². The highest BCUT2D eigenvalue weighted by Gasteiger charge is 2.23. The fourth-order valence-corrected chi connectivity index (χ4v) is 2.66. The summed E-state index contributed by atoms with van der Waals surface area (Å²) in [7, 11) is 2.11. The van der Waals surface area contributed by atoms with Crippen molar-refractivity contribution in [2.75, 3.05) is 26.7 Å². The molecule has 2 rings (SSSR count). The molecule has 1 N–H and O–H groups in total. The average molecular weight is 296 g/mol. The van der Waals surface area contributed by atoms with E-state index in [1.807, 2.05) is 0 Å². The van der Waals surface area contributed by atoms with Crippen molar-refractivity contribution in [3.05, 3.63) is 35.4 Å². The van der Waals surface area contributed by atoms with E-state index in [0.29, 0.717) is 5.56 Å². The molecule has 21 heavy (non-hydrogen) atoms. The lowest BCUT2D eigenvalue weighted by atomic mass is 10.0. The van der Waals surface area contributed by atoms with E-state index in [4.69, 9.17) is 0 Å². The molecule has 2 nitrogen and oxygen atoms in total. The van der Waals surface area contributed by atoms with E-state index in [1.165, 1.54) is 18.9 Å². The van der Waals surface area contributed by atoms with Crippen molar-refractivity contribution in [1.29, 1.82) is 0 Å². The molecule has 1 saturated carbocycles. The van der Waals surface area contributed by atoms with E-state index in [0.717, 1.165) is 38.4 Å². The van der Waals surface area contributed by atoms with Crippen LogP contribution in [0.2, 0.25) is 0 Å². The molecule has 0 radical (unpaired) electrons. The van der Waals surface area contributed by atoms with Crippen LogP contribution in [-0.4, -0.2) is 31.6 Å². The van der Waals surface area contributed by atoms with Crippen molar-refractivity contribution >= 4 is 0 Å². The van der Waals surface area contributed by atoms with Gasteiger partial charge in [0.1, 0.15) is 0 Å². The first kappa shape index (κ1) is 16.4. The van der Waals surface area contributed by atoms with Crippen molar-refractivity contribution in [1.82, 2.24) is 10.2 Å². The van der Waals surface area contributed by atoms with Crippen molar-refractivity contribution < 1.29 is 8.78 Å². The molecule has 0 aliphatic heterocycles. The number of hydrogen-bond acceptors (Lipinski definition) is 2. The van der Waals surface area contributed by atoms with Crippen LogP contribution in [0.5, 0.6) is 0 Å². The normalized spacial score (nSPS) is 16.4. The Morgan fingerprint density at radius 2 is 2.10 bits per heavy atom. The summed E-state index contributed by atoms with van der Waals surface area (Å²) in [5.74, 6) is -0.624.